The van der Waals surface area contributed by atoms with Crippen LogP contribution >= 0.6 is 0 Å². The molecule has 0 fully saturated rings. The Morgan fingerprint density at radius 1 is 1.13 bits per heavy atom. The van der Waals surface area contributed by atoms with Crippen molar-refractivity contribution in [1.82, 2.24) is 5.32 Å². The molecule has 1 unspecified atom stereocenters. The van der Waals surface area contributed by atoms with Crippen molar-refractivity contribution in [2.75, 3.05) is 12.3 Å². The Bertz CT molecular complexity index is 686. The molecule has 0 radical (unpaired) electrons. The van der Waals surface area contributed by atoms with Gasteiger partial charge in [0.05, 0.1) is 0 Å². The van der Waals surface area contributed by atoms with Gasteiger partial charge in [-0.25, -0.2) is 4.39 Å². The summed E-state index contributed by atoms with van der Waals surface area (Å²) in [6.07, 6.45) is 0.621. The van der Waals surface area contributed by atoms with Crippen LogP contribution in [0.1, 0.15) is 16.7 Å². The first-order valence-electron chi connectivity index (χ1n) is 7.45. The molecule has 23 heavy (non-hydrogen) atoms. The highest BCUT2D eigenvalue weighted by Crippen LogP contribution is 2.09. The summed E-state index contributed by atoms with van der Waals surface area (Å²) < 4.78 is 24.8. The summed E-state index contributed by atoms with van der Waals surface area (Å²) >= 11 is 0. The van der Waals surface area contributed by atoms with Gasteiger partial charge in [-0.2, -0.15) is 0 Å². The summed E-state index contributed by atoms with van der Waals surface area (Å²) in [6.45, 7) is 2.42. The van der Waals surface area contributed by atoms with Crippen molar-refractivity contribution in [3.63, 3.8) is 0 Å². The lowest BCUT2D eigenvalue weighted by molar-refractivity contribution is -0.118. The average molecular weight is 333 g/mol. The Hall–Kier alpha value is -2.01. The molecule has 1 N–H and O–H groups in total. The van der Waals surface area contributed by atoms with E-state index in [0.717, 1.165) is 16.7 Å². The van der Waals surface area contributed by atoms with Gasteiger partial charge in [0, 0.05) is 23.1 Å². The third-order valence-electron chi connectivity index (χ3n) is 3.52. The number of halogens is 1. The van der Waals surface area contributed by atoms with Crippen LogP contribution in [0.2, 0.25) is 0 Å². The summed E-state index contributed by atoms with van der Waals surface area (Å²) in [5, 5.41) is 2.75. The van der Waals surface area contributed by atoms with Crippen LogP contribution in [0.3, 0.4) is 0 Å². The Kier molecular flexibility index (Phi) is 6.47. The number of hydrogen-bond acceptors (Lipinski definition) is 2. The van der Waals surface area contributed by atoms with Crippen LogP contribution in [0.4, 0.5) is 4.39 Å². The van der Waals surface area contributed by atoms with Crippen LogP contribution in [0, 0.1) is 12.7 Å². The average Bonchev–Trinajstić information content (AvgIpc) is 2.51. The number of hydrogen-bond donors (Lipinski definition) is 1. The van der Waals surface area contributed by atoms with E-state index in [1.54, 1.807) is 12.1 Å². The van der Waals surface area contributed by atoms with Crippen molar-refractivity contribution >= 4 is 16.7 Å². The zero-order chi connectivity index (χ0) is 16.7. The van der Waals surface area contributed by atoms with Gasteiger partial charge in [-0.3, -0.25) is 9.00 Å². The third-order valence-corrected chi connectivity index (χ3v) is 4.74. The van der Waals surface area contributed by atoms with E-state index in [1.165, 1.54) is 12.1 Å². The molecular formula is C18H20FNO2S. The minimum absolute atomic E-state index is 0.00223. The molecule has 1 amide bonds. The summed E-state index contributed by atoms with van der Waals surface area (Å²) in [4.78, 5) is 11.8. The molecule has 0 aliphatic heterocycles. The van der Waals surface area contributed by atoms with Gasteiger partial charge in [-0.15, -0.1) is 0 Å². The first-order chi connectivity index (χ1) is 11.0. The molecule has 0 heterocycles. The van der Waals surface area contributed by atoms with E-state index in [0.29, 0.717) is 18.7 Å². The number of benzene rings is 2. The van der Waals surface area contributed by atoms with Gasteiger partial charge in [0.15, 0.2) is 0 Å². The number of nitrogens with one attached hydrogen (secondary N) is 1. The van der Waals surface area contributed by atoms with E-state index in [9.17, 15) is 13.4 Å². The van der Waals surface area contributed by atoms with Gasteiger partial charge in [0.1, 0.15) is 11.6 Å². The minimum atomic E-state index is -1.22. The van der Waals surface area contributed by atoms with E-state index in [4.69, 9.17) is 0 Å². The molecule has 0 saturated heterocycles. The lowest BCUT2D eigenvalue weighted by Gasteiger charge is -2.07. The molecule has 0 aromatic heterocycles. The van der Waals surface area contributed by atoms with Crippen LogP contribution in [0.5, 0.6) is 0 Å². The Morgan fingerprint density at radius 3 is 2.52 bits per heavy atom. The maximum Gasteiger partial charge on any atom is 0.232 e. The van der Waals surface area contributed by atoms with Crippen molar-refractivity contribution in [2.45, 2.75) is 19.1 Å². The van der Waals surface area contributed by atoms with E-state index in [1.807, 2.05) is 31.2 Å². The highest BCUT2D eigenvalue weighted by atomic mass is 32.2. The van der Waals surface area contributed by atoms with Gasteiger partial charge in [-0.05, 0) is 42.2 Å². The molecule has 122 valence electrons. The Morgan fingerprint density at radius 2 is 1.83 bits per heavy atom. The summed E-state index contributed by atoms with van der Waals surface area (Å²) in [6, 6.07) is 13.9. The second kappa shape index (κ2) is 8.58. The topological polar surface area (TPSA) is 46.2 Å². The molecule has 0 saturated carbocycles. The molecule has 0 aliphatic rings. The second-order valence-corrected chi connectivity index (χ2v) is 6.84. The van der Waals surface area contributed by atoms with Crippen molar-refractivity contribution in [3.8, 4) is 0 Å². The van der Waals surface area contributed by atoms with E-state index < -0.39 is 10.8 Å². The van der Waals surface area contributed by atoms with Gasteiger partial charge >= 0.3 is 0 Å². The zero-order valence-corrected chi connectivity index (χ0v) is 13.9. The molecular weight excluding hydrogens is 313 g/mol. The number of amides is 1. The van der Waals surface area contributed by atoms with Crippen LogP contribution in [0.25, 0.3) is 0 Å². The minimum Gasteiger partial charge on any atom is -0.355 e. The van der Waals surface area contributed by atoms with Crippen LogP contribution < -0.4 is 5.32 Å². The number of carbonyl (C=O) groups is 1. The van der Waals surface area contributed by atoms with E-state index in [2.05, 4.69) is 5.32 Å². The predicted molar refractivity (Wildman–Crippen MR) is 91.0 cm³/mol. The molecule has 2 aromatic carbocycles. The van der Waals surface area contributed by atoms with Gasteiger partial charge in [0.2, 0.25) is 5.91 Å². The lowest BCUT2D eigenvalue weighted by atomic mass is 10.1. The molecule has 2 rings (SSSR count). The first-order valence-corrected chi connectivity index (χ1v) is 8.94. The number of rotatable bonds is 7. The van der Waals surface area contributed by atoms with Crippen molar-refractivity contribution < 1.29 is 13.4 Å². The third kappa shape index (κ3) is 5.94. The molecule has 5 heteroatoms. The van der Waals surface area contributed by atoms with Gasteiger partial charge in [0.25, 0.3) is 0 Å². The molecule has 0 bridgehead atoms. The van der Waals surface area contributed by atoms with Crippen molar-refractivity contribution in [1.29, 1.82) is 0 Å². The quantitative estimate of drug-likeness (QED) is 0.847. The smallest absolute Gasteiger partial charge is 0.232 e. The van der Waals surface area contributed by atoms with Crippen molar-refractivity contribution in [2.24, 2.45) is 0 Å². The SMILES string of the molecule is Cc1ccccc1CS(=O)CC(=O)NCCc1ccc(F)cc1. The van der Waals surface area contributed by atoms with Crippen LogP contribution in [-0.2, 0) is 27.8 Å². The molecule has 1 atom stereocenters. The highest BCUT2D eigenvalue weighted by molar-refractivity contribution is 7.84. The maximum absolute atomic E-state index is 12.8. The number of aryl methyl sites for hydroxylation is 1. The lowest BCUT2D eigenvalue weighted by Crippen LogP contribution is -2.30. The zero-order valence-electron chi connectivity index (χ0n) is 13.0. The van der Waals surface area contributed by atoms with E-state index >= 15 is 0 Å². The maximum atomic E-state index is 12.8. The fraction of sp³-hybridized carbons (Fsp3) is 0.278. The summed E-state index contributed by atoms with van der Waals surface area (Å²) in [5.41, 5.74) is 3.04. The van der Waals surface area contributed by atoms with E-state index in [-0.39, 0.29) is 17.5 Å². The molecule has 2 aromatic rings. The fourth-order valence-electron chi connectivity index (χ4n) is 2.19. The summed E-state index contributed by atoms with van der Waals surface area (Å²) in [7, 11) is -1.22. The van der Waals surface area contributed by atoms with Crippen molar-refractivity contribution in [3.05, 3.63) is 71.0 Å². The number of carbonyl (C=O) groups excluding carboxylic acids is 1. The molecule has 3 nitrogen and oxygen atoms in total. The predicted octanol–water partition coefficient (Wildman–Crippen LogP) is 2.74. The fourth-order valence-corrected chi connectivity index (χ4v) is 3.36. The van der Waals surface area contributed by atoms with Crippen LogP contribution in [0.15, 0.2) is 48.5 Å². The van der Waals surface area contributed by atoms with Gasteiger partial charge < -0.3 is 5.32 Å². The Balaban J connectivity index is 1.73. The normalized spacial score (nSPS) is 11.9. The summed E-state index contributed by atoms with van der Waals surface area (Å²) in [5.74, 6) is -0.112. The van der Waals surface area contributed by atoms with Gasteiger partial charge in [-0.1, -0.05) is 36.4 Å². The van der Waals surface area contributed by atoms with Crippen LogP contribution in [-0.4, -0.2) is 22.4 Å². The first kappa shape index (κ1) is 17.3. The standard InChI is InChI=1S/C18H20FNO2S/c1-14-4-2-3-5-16(14)12-23(22)13-18(21)20-11-10-15-6-8-17(19)9-7-15/h2-9H,10-13H2,1H3,(H,20,21). The Labute approximate surface area is 138 Å². The second-order valence-electron chi connectivity index (χ2n) is 5.38. The molecule has 0 spiro atoms. The molecule has 0 aliphatic carbocycles. The highest BCUT2D eigenvalue weighted by Gasteiger charge is 2.09. The monoisotopic (exact) mass is 333 g/mol. The largest absolute Gasteiger partial charge is 0.355 e.